The largest absolute Gasteiger partial charge is 0.418 e. The number of alkyl halides is 3. The number of halogens is 4. The summed E-state index contributed by atoms with van der Waals surface area (Å²) in [5.74, 6) is 0.259. The fourth-order valence-corrected chi connectivity index (χ4v) is 2.84. The minimum absolute atomic E-state index is 0.0430. The van der Waals surface area contributed by atoms with Crippen LogP contribution >= 0.6 is 23.8 Å². The summed E-state index contributed by atoms with van der Waals surface area (Å²) in [6.45, 7) is 0.499. The average molecular weight is 411 g/mol. The van der Waals surface area contributed by atoms with Gasteiger partial charge < -0.3 is 10.6 Å². The van der Waals surface area contributed by atoms with Gasteiger partial charge in [-0.3, -0.25) is 4.68 Å². The summed E-state index contributed by atoms with van der Waals surface area (Å²) in [5, 5.41) is 9.82. The first kappa shape index (κ1) is 19.2. The molecule has 140 valence electrons. The number of anilines is 2. The minimum Gasteiger partial charge on any atom is -0.332 e. The van der Waals surface area contributed by atoms with Crippen LogP contribution in [0, 0.1) is 0 Å². The smallest absolute Gasteiger partial charge is 0.332 e. The summed E-state index contributed by atoms with van der Waals surface area (Å²) in [6, 6.07) is 14.7. The van der Waals surface area contributed by atoms with Gasteiger partial charge in [0, 0.05) is 6.20 Å². The van der Waals surface area contributed by atoms with Crippen molar-refractivity contribution in [1.29, 1.82) is 0 Å². The zero-order chi connectivity index (χ0) is 19.4. The van der Waals surface area contributed by atoms with E-state index in [9.17, 15) is 13.2 Å². The number of aromatic nitrogens is 2. The van der Waals surface area contributed by atoms with Crippen LogP contribution in [0.2, 0.25) is 5.02 Å². The second-order valence-corrected chi connectivity index (χ2v) is 6.45. The van der Waals surface area contributed by atoms with Crippen LogP contribution in [-0.2, 0) is 12.7 Å². The molecular weight excluding hydrogens is 397 g/mol. The highest BCUT2D eigenvalue weighted by Crippen LogP contribution is 2.34. The van der Waals surface area contributed by atoms with Crippen LogP contribution in [0.4, 0.5) is 24.7 Å². The van der Waals surface area contributed by atoms with E-state index in [2.05, 4.69) is 15.7 Å². The molecule has 0 spiro atoms. The molecule has 0 fully saturated rings. The first-order valence-electron chi connectivity index (χ1n) is 7.84. The summed E-state index contributed by atoms with van der Waals surface area (Å²) >= 11 is 11.3. The fraction of sp³-hybridized carbons (Fsp3) is 0.111. The Bertz CT molecular complexity index is 941. The third-order valence-corrected chi connectivity index (χ3v) is 4.10. The zero-order valence-corrected chi connectivity index (χ0v) is 15.4. The molecule has 9 heteroatoms. The molecule has 2 N–H and O–H groups in total. The van der Waals surface area contributed by atoms with Crippen LogP contribution in [0.1, 0.15) is 11.1 Å². The number of benzene rings is 2. The van der Waals surface area contributed by atoms with Crippen molar-refractivity contribution in [2.45, 2.75) is 12.7 Å². The Labute approximate surface area is 164 Å². The number of nitrogens with zero attached hydrogens (tertiary/aromatic N) is 2. The van der Waals surface area contributed by atoms with Crippen molar-refractivity contribution in [3.63, 3.8) is 0 Å². The normalized spacial score (nSPS) is 11.3. The lowest BCUT2D eigenvalue weighted by Crippen LogP contribution is -2.22. The average Bonchev–Trinajstić information content (AvgIpc) is 2.94. The molecule has 0 saturated carbocycles. The predicted molar refractivity (Wildman–Crippen MR) is 104 cm³/mol. The Balaban J connectivity index is 1.70. The van der Waals surface area contributed by atoms with E-state index >= 15 is 0 Å². The molecular formula is C18H14ClF3N4S. The van der Waals surface area contributed by atoms with Gasteiger partial charge in [-0.15, -0.1) is 0 Å². The van der Waals surface area contributed by atoms with E-state index in [0.717, 1.165) is 11.6 Å². The lowest BCUT2D eigenvalue weighted by Gasteiger charge is -2.15. The first-order chi connectivity index (χ1) is 12.8. The highest BCUT2D eigenvalue weighted by atomic mass is 35.5. The number of hydrogen-bond donors (Lipinski definition) is 2. The SMILES string of the molecule is FC(F)(F)c1ccccc1NC(=S)Nc1nn(Cc2ccccc2)cc1Cl. The minimum atomic E-state index is -4.49. The molecule has 0 aliphatic rings. The van der Waals surface area contributed by atoms with Crippen molar-refractivity contribution in [2.75, 3.05) is 10.6 Å². The van der Waals surface area contributed by atoms with Crippen molar-refractivity contribution >= 4 is 40.4 Å². The Morgan fingerprint density at radius 3 is 2.41 bits per heavy atom. The van der Waals surface area contributed by atoms with Gasteiger partial charge in [0.05, 0.1) is 17.8 Å². The molecule has 0 saturated heterocycles. The molecule has 0 bridgehead atoms. The molecule has 3 rings (SSSR count). The third-order valence-electron chi connectivity index (χ3n) is 3.62. The number of para-hydroxylation sites is 1. The second-order valence-electron chi connectivity index (χ2n) is 5.63. The molecule has 0 atom stereocenters. The van der Waals surface area contributed by atoms with Crippen molar-refractivity contribution in [2.24, 2.45) is 0 Å². The van der Waals surface area contributed by atoms with E-state index in [-0.39, 0.29) is 16.6 Å². The van der Waals surface area contributed by atoms with Crippen molar-refractivity contribution in [1.82, 2.24) is 9.78 Å². The molecule has 4 nitrogen and oxygen atoms in total. The van der Waals surface area contributed by atoms with Gasteiger partial charge in [0.1, 0.15) is 5.02 Å². The number of nitrogens with one attached hydrogen (secondary N) is 2. The van der Waals surface area contributed by atoms with Crippen LogP contribution in [0.3, 0.4) is 0 Å². The van der Waals surface area contributed by atoms with Crippen molar-refractivity contribution in [3.8, 4) is 0 Å². The van der Waals surface area contributed by atoms with E-state index in [1.165, 1.54) is 18.2 Å². The molecule has 2 aromatic carbocycles. The van der Waals surface area contributed by atoms with E-state index in [0.29, 0.717) is 11.6 Å². The summed E-state index contributed by atoms with van der Waals surface area (Å²) in [5.41, 5.74) is 0.0696. The van der Waals surface area contributed by atoms with Gasteiger partial charge in [-0.25, -0.2) is 0 Å². The molecule has 1 aromatic heterocycles. The van der Waals surface area contributed by atoms with Gasteiger partial charge in [-0.2, -0.15) is 18.3 Å². The van der Waals surface area contributed by atoms with Gasteiger partial charge in [0.2, 0.25) is 0 Å². The first-order valence-corrected chi connectivity index (χ1v) is 8.62. The predicted octanol–water partition coefficient (Wildman–Crippen LogP) is 5.41. The maximum Gasteiger partial charge on any atom is 0.418 e. The van der Waals surface area contributed by atoms with Crippen LogP contribution in [-0.4, -0.2) is 14.9 Å². The van der Waals surface area contributed by atoms with Crippen molar-refractivity contribution in [3.05, 3.63) is 76.9 Å². The van der Waals surface area contributed by atoms with E-state index in [1.54, 1.807) is 10.9 Å². The summed E-state index contributed by atoms with van der Waals surface area (Å²) in [6.07, 6.45) is -2.88. The van der Waals surface area contributed by atoms with Gasteiger partial charge in [-0.1, -0.05) is 54.1 Å². The molecule has 0 aliphatic heterocycles. The van der Waals surface area contributed by atoms with E-state index in [1.807, 2.05) is 30.3 Å². The van der Waals surface area contributed by atoms with Crippen LogP contribution in [0.15, 0.2) is 60.8 Å². The topological polar surface area (TPSA) is 41.9 Å². The highest BCUT2D eigenvalue weighted by molar-refractivity contribution is 7.80. The maximum atomic E-state index is 13.1. The molecule has 0 aliphatic carbocycles. The molecule has 1 heterocycles. The monoisotopic (exact) mass is 410 g/mol. The number of rotatable bonds is 4. The van der Waals surface area contributed by atoms with Gasteiger partial charge in [0.15, 0.2) is 10.9 Å². The van der Waals surface area contributed by atoms with Gasteiger partial charge >= 0.3 is 6.18 Å². The molecule has 3 aromatic rings. The Morgan fingerprint density at radius 1 is 1.04 bits per heavy atom. The quantitative estimate of drug-likeness (QED) is 0.564. The standard InChI is InChI=1S/C18H14ClF3N4S/c19-14-11-26(10-12-6-2-1-3-7-12)25-16(14)24-17(27)23-15-9-5-4-8-13(15)18(20,21)22/h1-9,11H,10H2,(H2,23,24,25,27). The molecule has 27 heavy (non-hydrogen) atoms. The number of thiocarbonyl (C=S) groups is 1. The third kappa shape index (κ3) is 4.99. The summed E-state index contributed by atoms with van der Waals surface area (Å²) in [4.78, 5) is 0. The second kappa shape index (κ2) is 7.98. The summed E-state index contributed by atoms with van der Waals surface area (Å²) < 4.78 is 40.8. The van der Waals surface area contributed by atoms with Crippen LogP contribution in [0.25, 0.3) is 0 Å². The number of hydrogen-bond acceptors (Lipinski definition) is 2. The van der Waals surface area contributed by atoms with Gasteiger partial charge in [-0.05, 0) is 29.9 Å². The highest BCUT2D eigenvalue weighted by Gasteiger charge is 2.33. The Morgan fingerprint density at radius 2 is 1.70 bits per heavy atom. The Hall–Kier alpha value is -2.58. The van der Waals surface area contributed by atoms with Crippen LogP contribution in [0.5, 0.6) is 0 Å². The summed E-state index contributed by atoms with van der Waals surface area (Å²) in [7, 11) is 0. The molecule has 0 amide bonds. The molecule has 0 unspecified atom stereocenters. The van der Waals surface area contributed by atoms with Crippen molar-refractivity contribution < 1.29 is 13.2 Å². The van der Waals surface area contributed by atoms with Crippen LogP contribution < -0.4 is 10.6 Å². The zero-order valence-electron chi connectivity index (χ0n) is 13.8. The van der Waals surface area contributed by atoms with E-state index < -0.39 is 11.7 Å². The van der Waals surface area contributed by atoms with Gasteiger partial charge in [0.25, 0.3) is 0 Å². The van der Waals surface area contributed by atoms with E-state index in [4.69, 9.17) is 23.8 Å². The fourth-order valence-electron chi connectivity index (χ4n) is 2.43. The Kier molecular flexibility index (Phi) is 5.67. The lowest BCUT2D eigenvalue weighted by molar-refractivity contribution is -0.136. The molecule has 0 radical (unpaired) electrons. The maximum absolute atomic E-state index is 13.1. The lowest BCUT2D eigenvalue weighted by atomic mass is 10.2.